The highest BCUT2D eigenvalue weighted by molar-refractivity contribution is 9.10. The summed E-state index contributed by atoms with van der Waals surface area (Å²) in [6.45, 7) is 0. The summed E-state index contributed by atoms with van der Waals surface area (Å²) in [5.41, 5.74) is 0.180. The molecule has 31 heavy (non-hydrogen) atoms. The predicted octanol–water partition coefficient (Wildman–Crippen LogP) is 2.41. The molecule has 10 nitrogen and oxygen atoms in total. The molecule has 14 heteroatoms. The summed E-state index contributed by atoms with van der Waals surface area (Å²) >= 11 is 4.41. The van der Waals surface area contributed by atoms with Gasteiger partial charge in [-0.3, -0.25) is 0 Å². The summed E-state index contributed by atoms with van der Waals surface area (Å²) < 4.78 is 44.4. The first-order valence-corrected chi connectivity index (χ1v) is 12.6. The zero-order valence-corrected chi connectivity index (χ0v) is 19.2. The van der Waals surface area contributed by atoms with E-state index in [0.29, 0.717) is 22.9 Å². The van der Waals surface area contributed by atoms with E-state index in [1.54, 1.807) is 5.94 Å². The summed E-state index contributed by atoms with van der Waals surface area (Å²) in [6, 6.07) is 4.11. The summed E-state index contributed by atoms with van der Waals surface area (Å²) in [4.78, 5) is 17.7. The van der Waals surface area contributed by atoms with Gasteiger partial charge in [-0.25, -0.2) is 31.9 Å². The van der Waals surface area contributed by atoms with Gasteiger partial charge in [0, 0.05) is 11.3 Å². The summed E-state index contributed by atoms with van der Waals surface area (Å²) in [7, 11) is -3.30. The van der Waals surface area contributed by atoms with Crippen LogP contribution in [0.3, 0.4) is 0 Å². The maximum atomic E-state index is 13.6. The standard InChI is InChI=1S/C17H15BrFN5O5S2/c1-31(26,27)23-17(4-5-17)6-7-30-16-14(20-29-22-16)15-21-28-13(9-25)24(15)10-2-3-12(19)11(18)8-10/h2-3,8,23H,4-7H2,1H3. The number of rotatable bonds is 8. The fourth-order valence-corrected chi connectivity index (χ4v) is 5.54. The van der Waals surface area contributed by atoms with Crippen LogP contribution >= 0.6 is 27.7 Å². The number of hydrogen-bond donors (Lipinski definition) is 1. The lowest BCUT2D eigenvalue weighted by Gasteiger charge is -2.17. The Morgan fingerprint density at radius 3 is 2.81 bits per heavy atom. The van der Waals surface area contributed by atoms with Crippen molar-refractivity contribution in [3.8, 4) is 0 Å². The van der Waals surface area contributed by atoms with Gasteiger partial charge in [-0.1, -0.05) is 5.16 Å². The van der Waals surface area contributed by atoms with Gasteiger partial charge in [-0.15, -0.1) is 11.8 Å². The van der Waals surface area contributed by atoms with Crippen LogP contribution in [0.4, 0.5) is 10.1 Å². The molecule has 0 radical (unpaired) electrons. The molecule has 1 aliphatic carbocycles. The molecule has 2 aromatic rings. The molecule has 1 aromatic carbocycles. The number of carbonyl (C=O) groups excluding carboxylic acids is 1. The van der Waals surface area contributed by atoms with E-state index in [2.05, 4.69) is 36.1 Å². The molecule has 0 amide bonds. The van der Waals surface area contributed by atoms with E-state index in [9.17, 15) is 17.6 Å². The molecule has 2 aliphatic rings. The minimum Gasteiger partial charge on any atom is -0.323 e. The largest absolute Gasteiger partial charge is 0.323 e. The first-order valence-electron chi connectivity index (χ1n) is 8.91. The smallest absolute Gasteiger partial charge is 0.320 e. The van der Waals surface area contributed by atoms with Gasteiger partial charge < -0.3 is 4.84 Å². The molecule has 2 heterocycles. The van der Waals surface area contributed by atoms with Gasteiger partial charge in [0.1, 0.15) is 5.82 Å². The third-order valence-electron chi connectivity index (χ3n) is 4.63. The average Bonchev–Trinajstić information content (AvgIpc) is 3.12. The summed E-state index contributed by atoms with van der Waals surface area (Å²) in [5.74, 6) is 1.58. The molecule has 0 atom stereocenters. The van der Waals surface area contributed by atoms with Gasteiger partial charge in [0.2, 0.25) is 15.9 Å². The Balaban J connectivity index is 1.53. The van der Waals surface area contributed by atoms with E-state index in [1.165, 1.54) is 34.9 Å². The van der Waals surface area contributed by atoms with Crippen molar-refractivity contribution in [1.82, 2.24) is 15.0 Å². The lowest BCUT2D eigenvalue weighted by Crippen LogP contribution is -2.36. The zero-order valence-electron chi connectivity index (χ0n) is 16.0. The Kier molecular flexibility index (Phi) is 5.92. The molecule has 164 valence electrons. The van der Waals surface area contributed by atoms with Crippen LogP contribution in [0.2, 0.25) is 0 Å². The highest BCUT2D eigenvalue weighted by Crippen LogP contribution is 2.41. The number of hydrogen-bond acceptors (Lipinski definition) is 10. The first-order chi connectivity index (χ1) is 14.7. The van der Waals surface area contributed by atoms with Crippen LogP contribution in [-0.4, -0.2) is 48.1 Å². The van der Waals surface area contributed by atoms with Crippen molar-refractivity contribution < 1.29 is 27.1 Å². The quantitative estimate of drug-likeness (QED) is 0.403. The number of sulfonamides is 1. The number of nitrogens with zero attached hydrogens (tertiary/aromatic N) is 4. The number of benzene rings is 1. The number of aromatic nitrogens is 2. The molecule has 1 fully saturated rings. The molecule has 0 spiro atoms. The maximum Gasteiger partial charge on any atom is 0.320 e. The number of halogens is 2. The van der Waals surface area contributed by atoms with Crippen LogP contribution in [0.25, 0.3) is 0 Å². The van der Waals surface area contributed by atoms with Gasteiger partial charge in [0.05, 0.1) is 16.4 Å². The second kappa shape index (κ2) is 8.36. The van der Waals surface area contributed by atoms with E-state index in [-0.39, 0.29) is 21.9 Å². The second-order valence-electron chi connectivity index (χ2n) is 7.02. The zero-order chi connectivity index (χ0) is 22.2. The fraction of sp³-hybridized carbons (Fsp3) is 0.353. The van der Waals surface area contributed by atoms with Gasteiger partial charge in [0.25, 0.3) is 0 Å². The van der Waals surface area contributed by atoms with Crippen molar-refractivity contribution >= 4 is 55.2 Å². The Hall–Kier alpha value is -2.25. The molecule has 4 rings (SSSR count). The van der Waals surface area contributed by atoms with Crippen LogP contribution in [0.15, 0.2) is 43.4 Å². The van der Waals surface area contributed by atoms with Crippen LogP contribution in [0.5, 0.6) is 0 Å². The lowest BCUT2D eigenvalue weighted by atomic mass is 10.2. The number of thioether (sulfide) groups is 1. The van der Waals surface area contributed by atoms with Gasteiger partial charge in [-0.05, 0) is 63.7 Å². The maximum absolute atomic E-state index is 13.6. The molecule has 1 N–H and O–H groups in total. The molecule has 0 unspecified atom stereocenters. The minimum atomic E-state index is -3.30. The average molecular weight is 532 g/mol. The highest BCUT2D eigenvalue weighted by atomic mass is 79.9. The van der Waals surface area contributed by atoms with Crippen LogP contribution in [0.1, 0.15) is 25.0 Å². The molecule has 0 saturated heterocycles. The first kappa shape index (κ1) is 22.0. The van der Waals surface area contributed by atoms with Crippen molar-refractivity contribution in [2.75, 3.05) is 16.9 Å². The van der Waals surface area contributed by atoms with Crippen LogP contribution in [-0.2, 0) is 19.7 Å². The number of nitrogens with one attached hydrogen (secondary N) is 1. The third kappa shape index (κ3) is 4.83. The molecule has 1 aromatic heterocycles. The van der Waals surface area contributed by atoms with Crippen molar-refractivity contribution in [2.24, 2.45) is 5.16 Å². The third-order valence-corrected chi connectivity index (χ3v) is 6.99. The Morgan fingerprint density at radius 2 is 2.16 bits per heavy atom. The SMILES string of the molecule is CS(=O)(=O)NC1(CCSc2nonc2C2=NOC(=C=O)N2c2ccc(F)c(Br)c2)CC1. The fourth-order valence-electron chi connectivity index (χ4n) is 3.04. The van der Waals surface area contributed by atoms with E-state index in [4.69, 9.17) is 9.47 Å². The number of amidine groups is 1. The Labute approximate surface area is 189 Å². The van der Waals surface area contributed by atoms with Gasteiger partial charge in [-0.2, -0.15) is 0 Å². The van der Waals surface area contributed by atoms with Crippen LogP contribution < -0.4 is 9.62 Å². The van der Waals surface area contributed by atoms with E-state index >= 15 is 0 Å². The number of anilines is 1. The summed E-state index contributed by atoms with van der Waals surface area (Å²) in [6.07, 6.45) is 3.27. The summed E-state index contributed by atoms with van der Waals surface area (Å²) in [5, 5.41) is 12.0. The lowest BCUT2D eigenvalue weighted by molar-refractivity contribution is 0.248. The Morgan fingerprint density at radius 1 is 1.39 bits per heavy atom. The highest BCUT2D eigenvalue weighted by Gasteiger charge is 2.44. The van der Waals surface area contributed by atoms with Crippen molar-refractivity contribution in [3.05, 3.63) is 40.1 Å². The molecular weight excluding hydrogens is 517 g/mol. The van der Waals surface area contributed by atoms with E-state index in [1.807, 2.05) is 0 Å². The predicted molar refractivity (Wildman–Crippen MR) is 113 cm³/mol. The van der Waals surface area contributed by atoms with Gasteiger partial charge >= 0.3 is 5.88 Å². The normalized spacial score (nSPS) is 17.3. The number of oxime groups is 1. The second-order valence-corrected chi connectivity index (χ2v) is 10.7. The molecule has 1 saturated carbocycles. The molecular formula is C17H15BrFN5O5S2. The minimum absolute atomic E-state index is 0.121. The van der Waals surface area contributed by atoms with E-state index in [0.717, 1.165) is 19.1 Å². The van der Waals surface area contributed by atoms with E-state index < -0.39 is 21.4 Å². The monoisotopic (exact) mass is 531 g/mol. The molecule has 0 bridgehead atoms. The van der Waals surface area contributed by atoms with Crippen molar-refractivity contribution in [1.29, 1.82) is 0 Å². The Bertz CT molecular complexity index is 1210. The van der Waals surface area contributed by atoms with Crippen molar-refractivity contribution in [3.63, 3.8) is 0 Å². The van der Waals surface area contributed by atoms with Crippen LogP contribution in [0, 0.1) is 5.82 Å². The molecule has 1 aliphatic heterocycles. The van der Waals surface area contributed by atoms with Gasteiger partial charge in [0.15, 0.2) is 16.7 Å². The van der Waals surface area contributed by atoms with Crippen molar-refractivity contribution in [2.45, 2.75) is 29.8 Å². The topological polar surface area (TPSA) is 127 Å².